The molecule has 0 amide bonds. The van der Waals surface area contributed by atoms with Crippen molar-refractivity contribution in [1.29, 1.82) is 0 Å². The van der Waals surface area contributed by atoms with E-state index in [2.05, 4.69) is 29.6 Å². The number of hydrogen-bond donors (Lipinski definition) is 1. The molecule has 0 aliphatic rings. The molecule has 0 aromatic carbocycles. The molecule has 0 unspecified atom stereocenters. The van der Waals surface area contributed by atoms with Gasteiger partial charge in [-0.05, 0) is 28.8 Å². The van der Waals surface area contributed by atoms with E-state index in [0.717, 1.165) is 13.1 Å². The van der Waals surface area contributed by atoms with Crippen LogP contribution in [0.25, 0.3) is 0 Å². The molecule has 1 aromatic heterocycles. The average molecular weight is 167 g/mol. The van der Waals surface area contributed by atoms with Crippen LogP contribution in [0.15, 0.2) is 23.4 Å². The van der Waals surface area contributed by atoms with Crippen molar-refractivity contribution < 1.29 is 0 Å². The minimum atomic E-state index is 0.884. The first-order valence-electron chi connectivity index (χ1n) is 3.68. The highest BCUT2D eigenvalue weighted by molar-refractivity contribution is 7.08. The van der Waals surface area contributed by atoms with Gasteiger partial charge in [0, 0.05) is 13.1 Å². The molecule has 1 N–H and O–H groups in total. The first kappa shape index (κ1) is 8.50. The summed E-state index contributed by atoms with van der Waals surface area (Å²) in [7, 11) is 0. The van der Waals surface area contributed by atoms with Crippen molar-refractivity contribution in [2.45, 2.75) is 13.5 Å². The number of thiophene rings is 1. The van der Waals surface area contributed by atoms with Gasteiger partial charge < -0.3 is 5.32 Å². The van der Waals surface area contributed by atoms with Crippen LogP contribution >= 0.6 is 11.3 Å². The molecule has 1 nitrogen and oxygen atoms in total. The van der Waals surface area contributed by atoms with E-state index < -0.39 is 0 Å². The molecule has 1 rings (SSSR count). The fraction of sp³-hybridized carbons (Fsp3) is 0.333. The van der Waals surface area contributed by atoms with E-state index in [1.165, 1.54) is 11.1 Å². The van der Waals surface area contributed by atoms with Crippen molar-refractivity contribution >= 4 is 11.3 Å². The highest BCUT2D eigenvalue weighted by Gasteiger charge is 1.95. The summed E-state index contributed by atoms with van der Waals surface area (Å²) >= 11 is 1.76. The second-order valence-corrected chi connectivity index (χ2v) is 3.24. The number of rotatable bonds is 4. The molecule has 0 saturated heterocycles. The van der Waals surface area contributed by atoms with Crippen LogP contribution in [-0.2, 0) is 6.54 Å². The topological polar surface area (TPSA) is 12.0 Å². The van der Waals surface area contributed by atoms with Gasteiger partial charge >= 0.3 is 0 Å². The van der Waals surface area contributed by atoms with Crippen LogP contribution in [0.4, 0.5) is 0 Å². The lowest BCUT2D eigenvalue weighted by atomic mass is 10.2. The third kappa shape index (κ3) is 2.48. The minimum Gasteiger partial charge on any atom is -0.309 e. The maximum atomic E-state index is 3.64. The molecule has 0 aliphatic heterocycles. The van der Waals surface area contributed by atoms with Crippen molar-refractivity contribution in [2.75, 3.05) is 6.54 Å². The highest BCUT2D eigenvalue weighted by Crippen LogP contribution is 2.12. The normalized spacial score (nSPS) is 9.91. The van der Waals surface area contributed by atoms with Gasteiger partial charge in [0.05, 0.1) is 0 Å². The van der Waals surface area contributed by atoms with E-state index in [1.807, 2.05) is 6.08 Å². The average Bonchev–Trinajstić information content (AvgIpc) is 2.37. The van der Waals surface area contributed by atoms with Gasteiger partial charge in [0.25, 0.3) is 0 Å². The van der Waals surface area contributed by atoms with Crippen LogP contribution in [0.2, 0.25) is 0 Å². The fourth-order valence-corrected chi connectivity index (χ4v) is 1.73. The van der Waals surface area contributed by atoms with Gasteiger partial charge in [-0.3, -0.25) is 0 Å². The van der Waals surface area contributed by atoms with Crippen molar-refractivity contribution in [3.8, 4) is 0 Å². The quantitative estimate of drug-likeness (QED) is 0.536. The monoisotopic (exact) mass is 167 g/mol. The summed E-state index contributed by atoms with van der Waals surface area (Å²) in [6.07, 6.45) is 1.88. The fourth-order valence-electron chi connectivity index (χ4n) is 0.877. The molecule has 0 spiro atoms. The Kier molecular flexibility index (Phi) is 3.33. The molecule has 0 atom stereocenters. The van der Waals surface area contributed by atoms with Gasteiger partial charge in [-0.25, -0.2) is 0 Å². The lowest BCUT2D eigenvalue weighted by Gasteiger charge is -1.99. The SMILES string of the molecule is C=CCNCc1cscc1C. The molecule has 0 aliphatic carbocycles. The Morgan fingerprint density at radius 1 is 1.64 bits per heavy atom. The molecule has 0 bridgehead atoms. The first-order valence-corrected chi connectivity index (χ1v) is 4.62. The highest BCUT2D eigenvalue weighted by atomic mass is 32.1. The van der Waals surface area contributed by atoms with Gasteiger partial charge in [-0.1, -0.05) is 6.08 Å². The van der Waals surface area contributed by atoms with Gasteiger partial charge in [-0.15, -0.1) is 6.58 Å². The Morgan fingerprint density at radius 3 is 3.00 bits per heavy atom. The van der Waals surface area contributed by atoms with E-state index in [1.54, 1.807) is 11.3 Å². The van der Waals surface area contributed by atoms with E-state index in [9.17, 15) is 0 Å². The van der Waals surface area contributed by atoms with Crippen molar-refractivity contribution in [2.24, 2.45) is 0 Å². The maximum absolute atomic E-state index is 3.64. The van der Waals surface area contributed by atoms with Crippen LogP contribution in [0.5, 0.6) is 0 Å². The van der Waals surface area contributed by atoms with E-state index in [-0.39, 0.29) is 0 Å². The number of nitrogens with one attached hydrogen (secondary N) is 1. The molecule has 1 aromatic rings. The second kappa shape index (κ2) is 4.31. The van der Waals surface area contributed by atoms with Crippen molar-refractivity contribution in [3.63, 3.8) is 0 Å². The number of hydrogen-bond acceptors (Lipinski definition) is 2. The van der Waals surface area contributed by atoms with Crippen LogP contribution < -0.4 is 5.32 Å². The summed E-state index contributed by atoms with van der Waals surface area (Å²) < 4.78 is 0. The zero-order chi connectivity index (χ0) is 8.10. The third-order valence-electron chi connectivity index (χ3n) is 1.57. The van der Waals surface area contributed by atoms with E-state index >= 15 is 0 Å². The molecule has 0 saturated carbocycles. The smallest absolute Gasteiger partial charge is 0.0219 e. The standard InChI is InChI=1S/C9H13NS/c1-3-4-10-5-9-7-11-6-8(9)2/h3,6-7,10H,1,4-5H2,2H3. The Labute approximate surface area is 71.8 Å². The minimum absolute atomic E-state index is 0.884. The molecule has 0 fully saturated rings. The van der Waals surface area contributed by atoms with E-state index in [4.69, 9.17) is 0 Å². The zero-order valence-electron chi connectivity index (χ0n) is 6.76. The predicted octanol–water partition coefficient (Wildman–Crippen LogP) is 2.33. The van der Waals surface area contributed by atoms with Crippen LogP contribution in [0.1, 0.15) is 11.1 Å². The van der Waals surface area contributed by atoms with Crippen molar-refractivity contribution in [3.05, 3.63) is 34.5 Å². The van der Waals surface area contributed by atoms with E-state index in [0.29, 0.717) is 0 Å². The summed E-state index contributed by atoms with van der Waals surface area (Å²) in [5, 5.41) is 7.62. The van der Waals surface area contributed by atoms with Gasteiger partial charge in [-0.2, -0.15) is 11.3 Å². The first-order chi connectivity index (χ1) is 5.34. The Hall–Kier alpha value is -0.600. The third-order valence-corrected chi connectivity index (χ3v) is 2.48. The predicted molar refractivity (Wildman–Crippen MR) is 51.0 cm³/mol. The van der Waals surface area contributed by atoms with Crippen LogP contribution in [0, 0.1) is 6.92 Å². The molecule has 1 heterocycles. The Balaban J connectivity index is 2.38. The van der Waals surface area contributed by atoms with Crippen molar-refractivity contribution in [1.82, 2.24) is 5.32 Å². The molecular weight excluding hydrogens is 154 g/mol. The molecule has 2 heteroatoms. The molecular formula is C9H13NS. The summed E-state index contributed by atoms with van der Waals surface area (Å²) in [5.41, 5.74) is 2.78. The maximum Gasteiger partial charge on any atom is 0.0219 e. The van der Waals surface area contributed by atoms with Gasteiger partial charge in [0.2, 0.25) is 0 Å². The number of aryl methyl sites for hydroxylation is 1. The largest absolute Gasteiger partial charge is 0.309 e. The Morgan fingerprint density at radius 2 is 2.45 bits per heavy atom. The lowest BCUT2D eigenvalue weighted by molar-refractivity contribution is 0.759. The summed E-state index contributed by atoms with van der Waals surface area (Å²) in [6.45, 7) is 7.63. The Bertz CT molecular complexity index is 227. The summed E-state index contributed by atoms with van der Waals surface area (Å²) in [6, 6.07) is 0. The lowest BCUT2D eigenvalue weighted by Crippen LogP contribution is -2.12. The molecule has 11 heavy (non-hydrogen) atoms. The van der Waals surface area contributed by atoms with Crippen LogP contribution in [0.3, 0.4) is 0 Å². The van der Waals surface area contributed by atoms with Gasteiger partial charge in [0.1, 0.15) is 0 Å². The molecule has 0 radical (unpaired) electrons. The van der Waals surface area contributed by atoms with Crippen LogP contribution in [-0.4, -0.2) is 6.54 Å². The van der Waals surface area contributed by atoms with Gasteiger partial charge in [0.15, 0.2) is 0 Å². The summed E-state index contributed by atoms with van der Waals surface area (Å²) in [5.74, 6) is 0. The summed E-state index contributed by atoms with van der Waals surface area (Å²) in [4.78, 5) is 0. The molecule has 60 valence electrons. The second-order valence-electron chi connectivity index (χ2n) is 2.50. The zero-order valence-corrected chi connectivity index (χ0v) is 7.58.